The van der Waals surface area contributed by atoms with Gasteiger partial charge < -0.3 is 4.74 Å². The summed E-state index contributed by atoms with van der Waals surface area (Å²) in [5.41, 5.74) is 0. The summed E-state index contributed by atoms with van der Waals surface area (Å²) in [6, 6.07) is 0. The van der Waals surface area contributed by atoms with Crippen molar-refractivity contribution in [2.75, 3.05) is 0 Å². The third kappa shape index (κ3) is 6.72. The summed E-state index contributed by atoms with van der Waals surface area (Å²) in [6.07, 6.45) is 21.9. The van der Waals surface area contributed by atoms with Crippen LogP contribution in [0.15, 0.2) is 24.7 Å². The van der Waals surface area contributed by atoms with E-state index in [4.69, 9.17) is 4.74 Å². The summed E-state index contributed by atoms with van der Waals surface area (Å²) in [4.78, 5) is 0. The molecule has 0 saturated heterocycles. The van der Waals surface area contributed by atoms with Crippen LogP contribution in [-0.2, 0) is 4.74 Å². The molecule has 1 nitrogen and oxygen atoms in total. The second kappa shape index (κ2) is 9.33. The predicted octanol–water partition coefficient (Wildman–Crippen LogP) is 6.46. The van der Waals surface area contributed by atoms with Crippen molar-refractivity contribution >= 4 is 0 Å². The Hall–Kier alpha value is -0.720. The fourth-order valence-electron chi connectivity index (χ4n) is 3.78. The molecular weight excluding hydrogens is 256 g/mol. The van der Waals surface area contributed by atoms with Crippen LogP contribution in [0, 0.1) is 23.7 Å². The van der Waals surface area contributed by atoms with Gasteiger partial charge in [-0.25, -0.2) is 0 Å². The van der Waals surface area contributed by atoms with Crippen LogP contribution in [0.4, 0.5) is 0 Å². The highest BCUT2D eigenvalue weighted by atomic mass is 16.5. The van der Waals surface area contributed by atoms with Crippen LogP contribution >= 0.6 is 0 Å². The molecule has 21 heavy (non-hydrogen) atoms. The summed E-state index contributed by atoms with van der Waals surface area (Å²) in [7, 11) is 0. The van der Waals surface area contributed by atoms with Crippen molar-refractivity contribution in [3.05, 3.63) is 24.7 Å². The van der Waals surface area contributed by atoms with Gasteiger partial charge in [0, 0.05) is 0 Å². The minimum atomic E-state index is 0.897. The van der Waals surface area contributed by atoms with Gasteiger partial charge in [-0.05, 0) is 74.3 Å². The van der Waals surface area contributed by atoms with Crippen molar-refractivity contribution in [1.29, 1.82) is 0 Å². The lowest BCUT2D eigenvalue weighted by atomic mass is 9.81. The summed E-state index contributed by atoms with van der Waals surface area (Å²) in [6.45, 7) is 4.76. The zero-order valence-electron chi connectivity index (χ0n) is 14.1. The summed E-state index contributed by atoms with van der Waals surface area (Å²) in [5.74, 6) is 3.70. The zero-order valence-corrected chi connectivity index (χ0v) is 14.1. The highest BCUT2D eigenvalue weighted by Gasteiger charge is 2.17. The number of ether oxygens (including phenoxy) is 1. The van der Waals surface area contributed by atoms with Gasteiger partial charge in [0.05, 0.1) is 12.5 Å². The number of allylic oxidation sites excluding steroid dienone is 2. The monoisotopic (exact) mass is 290 g/mol. The molecule has 0 aromatic carbocycles. The number of hydrogen-bond donors (Lipinski definition) is 0. The third-order valence-corrected chi connectivity index (χ3v) is 5.56. The topological polar surface area (TPSA) is 9.23 Å². The van der Waals surface area contributed by atoms with E-state index >= 15 is 0 Å². The smallest absolute Gasteiger partial charge is 0.0861 e. The van der Waals surface area contributed by atoms with Crippen LogP contribution in [-0.4, -0.2) is 0 Å². The van der Waals surface area contributed by atoms with Gasteiger partial charge in [-0.1, -0.05) is 39.5 Å². The summed E-state index contributed by atoms with van der Waals surface area (Å²) < 4.78 is 5.50. The number of hydrogen-bond acceptors (Lipinski definition) is 1. The van der Waals surface area contributed by atoms with Crippen LogP contribution in [0.5, 0.6) is 0 Å². The first-order valence-electron chi connectivity index (χ1n) is 9.19. The molecule has 0 radical (unpaired) electrons. The minimum Gasteiger partial charge on any atom is -0.473 e. The van der Waals surface area contributed by atoms with E-state index in [1.165, 1.54) is 64.2 Å². The maximum Gasteiger partial charge on any atom is 0.0861 e. The Kier molecular flexibility index (Phi) is 7.39. The SMILES string of the molecule is CC1CCC(CC=COC=CCC2CCC(C)CC2)CC1. The fourth-order valence-corrected chi connectivity index (χ4v) is 3.78. The van der Waals surface area contributed by atoms with Crippen molar-refractivity contribution < 1.29 is 4.74 Å². The normalized spacial score (nSPS) is 34.6. The molecule has 0 amide bonds. The molecule has 2 aliphatic carbocycles. The summed E-state index contributed by atoms with van der Waals surface area (Å²) >= 11 is 0. The zero-order chi connectivity index (χ0) is 14.9. The lowest BCUT2D eigenvalue weighted by Gasteiger charge is -2.25. The summed E-state index contributed by atoms with van der Waals surface area (Å²) in [5, 5.41) is 0. The van der Waals surface area contributed by atoms with Gasteiger partial charge in [-0.3, -0.25) is 0 Å². The van der Waals surface area contributed by atoms with E-state index in [-0.39, 0.29) is 0 Å². The van der Waals surface area contributed by atoms with Gasteiger partial charge in [0.15, 0.2) is 0 Å². The minimum absolute atomic E-state index is 0.897. The number of rotatable bonds is 6. The lowest BCUT2D eigenvalue weighted by molar-refractivity contribution is 0.288. The molecule has 0 bridgehead atoms. The Labute approximate surface area is 131 Å². The molecule has 2 saturated carbocycles. The van der Waals surface area contributed by atoms with Crippen LogP contribution < -0.4 is 0 Å². The Morgan fingerprint density at radius 3 is 1.43 bits per heavy atom. The van der Waals surface area contributed by atoms with Crippen LogP contribution in [0.1, 0.15) is 78.1 Å². The third-order valence-electron chi connectivity index (χ3n) is 5.56. The molecule has 0 unspecified atom stereocenters. The van der Waals surface area contributed by atoms with Crippen molar-refractivity contribution in [2.24, 2.45) is 23.7 Å². The van der Waals surface area contributed by atoms with Gasteiger partial charge in [0.25, 0.3) is 0 Å². The average Bonchev–Trinajstić information content (AvgIpc) is 2.50. The van der Waals surface area contributed by atoms with Crippen molar-refractivity contribution in [3.63, 3.8) is 0 Å². The largest absolute Gasteiger partial charge is 0.473 e. The second-order valence-corrected chi connectivity index (χ2v) is 7.60. The van der Waals surface area contributed by atoms with Crippen LogP contribution in [0.25, 0.3) is 0 Å². The predicted molar refractivity (Wildman–Crippen MR) is 90.8 cm³/mol. The maximum atomic E-state index is 5.50. The molecule has 2 aliphatic rings. The van der Waals surface area contributed by atoms with Gasteiger partial charge >= 0.3 is 0 Å². The van der Waals surface area contributed by atoms with Gasteiger partial charge in [0.2, 0.25) is 0 Å². The van der Waals surface area contributed by atoms with Crippen molar-refractivity contribution in [3.8, 4) is 0 Å². The quantitative estimate of drug-likeness (QED) is 0.510. The standard InChI is InChI=1S/C20H34O/c1-17-7-11-19(12-8-17)5-3-15-21-16-4-6-20-13-9-18(2)10-14-20/h3-4,15-20H,5-14H2,1-2H3. The second-order valence-electron chi connectivity index (χ2n) is 7.60. The molecule has 120 valence electrons. The highest BCUT2D eigenvalue weighted by Crippen LogP contribution is 2.31. The maximum absolute atomic E-state index is 5.50. The molecule has 2 fully saturated rings. The molecule has 0 atom stereocenters. The van der Waals surface area contributed by atoms with Crippen LogP contribution in [0.3, 0.4) is 0 Å². The van der Waals surface area contributed by atoms with E-state index in [1.54, 1.807) is 0 Å². The van der Waals surface area contributed by atoms with Crippen LogP contribution in [0.2, 0.25) is 0 Å². The van der Waals surface area contributed by atoms with Gasteiger partial charge in [0.1, 0.15) is 0 Å². The van der Waals surface area contributed by atoms with E-state index in [0.717, 1.165) is 23.7 Å². The molecular formula is C20H34O. The first-order valence-corrected chi connectivity index (χ1v) is 9.19. The molecule has 0 spiro atoms. The highest BCUT2D eigenvalue weighted by molar-refractivity contribution is 4.85. The van der Waals surface area contributed by atoms with E-state index in [0.29, 0.717) is 0 Å². The molecule has 1 heteroatoms. The Morgan fingerprint density at radius 1 is 0.667 bits per heavy atom. The Balaban J connectivity index is 1.50. The molecule has 0 aliphatic heterocycles. The first kappa shape index (κ1) is 16.6. The van der Waals surface area contributed by atoms with Crippen molar-refractivity contribution in [1.82, 2.24) is 0 Å². The van der Waals surface area contributed by atoms with Crippen molar-refractivity contribution in [2.45, 2.75) is 78.1 Å². The molecule has 2 rings (SSSR count). The van der Waals surface area contributed by atoms with Gasteiger partial charge in [-0.15, -0.1) is 0 Å². The average molecular weight is 290 g/mol. The molecule has 0 N–H and O–H groups in total. The Bertz CT molecular complexity index is 283. The lowest BCUT2D eigenvalue weighted by Crippen LogP contribution is -2.11. The van der Waals surface area contributed by atoms with E-state index in [1.807, 2.05) is 12.5 Å². The van der Waals surface area contributed by atoms with E-state index < -0.39 is 0 Å². The first-order chi connectivity index (χ1) is 10.2. The molecule has 0 heterocycles. The molecule has 0 aromatic heterocycles. The molecule has 0 aromatic rings. The Morgan fingerprint density at radius 2 is 1.05 bits per heavy atom. The fraction of sp³-hybridized carbons (Fsp3) is 0.800. The van der Waals surface area contributed by atoms with Gasteiger partial charge in [-0.2, -0.15) is 0 Å². The van der Waals surface area contributed by atoms with E-state index in [2.05, 4.69) is 26.0 Å². The van der Waals surface area contributed by atoms with E-state index in [9.17, 15) is 0 Å².